The van der Waals surface area contributed by atoms with Crippen LogP contribution in [0.2, 0.25) is 5.02 Å². The molecule has 8 nitrogen and oxygen atoms in total. The lowest BCUT2D eigenvalue weighted by Crippen LogP contribution is -2.17. The zero-order valence-corrected chi connectivity index (χ0v) is 19.3. The largest absolute Gasteiger partial charge is 0.368 e. The third kappa shape index (κ3) is 4.42. The van der Waals surface area contributed by atoms with Crippen LogP contribution >= 0.6 is 11.6 Å². The molecule has 1 aliphatic rings. The molecule has 5 rings (SSSR count). The second-order valence-corrected chi connectivity index (χ2v) is 9.95. The lowest BCUT2D eigenvalue weighted by atomic mass is 10.1. The number of rotatable bonds is 6. The fourth-order valence-corrected chi connectivity index (χ4v) is 5.01. The minimum absolute atomic E-state index is 0.0112. The van der Waals surface area contributed by atoms with E-state index in [0.717, 1.165) is 37.1 Å². The summed E-state index contributed by atoms with van der Waals surface area (Å²) < 4.78 is 71.3. The van der Waals surface area contributed by atoms with Crippen LogP contribution in [0.1, 0.15) is 24.6 Å². The number of benzene rings is 2. The second-order valence-electron chi connectivity index (χ2n) is 7.89. The SMILES string of the molecule is Nc1nccc(-c2[nH]c(C3CC3)nc2-c2cc(Cl)cc(NS(=O)(=O)c3c(F)cccc3F)c2F)n1. The summed E-state index contributed by atoms with van der Waals surface area (Å²) in [6, 6.07) is 6.38. The maximum Gasteiger partial charge on any atom is 0.267 e. The van der Waals surface area contributed by atoms with Crippen LogP contribution in [0.5, 0.6) is 0 Å². The number of sulfonamides is 1. The van der Waals surface area contributed by atoms with Crippen LogP contribution in [0.15, 0.2) is 47.5 Å². The van der Waals surface area contributed by atoms with Crippen molar-refractivity contribution < 1.29 is 21.6 Å². The minimum atomic E-state index is -4.84. The van der Waals surface area contributed by atoms with Gasteiger partial charge in [0.2, 0.25) is 5.95 Å². The number of nitrogens with one attached hydrogen (secondary N) is 2. The Balaban J connectivity index is 1.64. The number of nitrogens with two attached hydrogens (primary N) is 1. The quantitative estimate of drug-likeness (QED) is 0.333. The van der Waals surface area contributed by atoms with E-state index in [2.05, 4.69) is 19.9 Å². The first-order valence-corrected chi connectivity index (χ1v) is 12.1. The van der Waals surface area contributed by atoms with Crippen molar-refractivity contribution >= 4 is 33.3 Å². The summed E-state index contributed by atoms with van der Waals surface area (Å²) in [6.45, 7) is 0. The van der Waals surface area contributed by atoms with Gasteiger partial charge in [-0.3, -0.25) is 4.72 Å². The number of aromatic amines is 1. The van der Waals surface area contributed by atoms with E-state index >= 15 is 4.39 Å². The molecule has 1 fully saturated rings. The van der Waals surface area contributed by atoms with Gasteiger partial charge in [-0.1, -0.05) is 17.7 Å². The van der Waals surface area contributed by atoms with Crippen LogP contribution in [0.4, 0.5) is 24.8 Å². The molecular formula is C22H16ClF3N6O2S. The summed E-state index contributed by atoms with van der Waals surface area (Å²) in [5, 5.41) is -0.0442. The van der Waals surface area contributed by atoms with Gasteiger partial charge in [0, 0.05) is 22.7 Å². The lowest BCUT2D eigenvalue weighted by molar-refractivity contribution is 0.521. The monoisotopic (exact) mass is 520 g/mol. The van der Waals surface area contributed by atoms with Gasteiger partial charge in [-0.15, -0.1) is 0 Å². The Morgan fingerprint density at radius 1 is 1.09 bits per heavy atom. The van der Waals surface area contributed by atoms with E-state index < -0.39 is 38.1 Å². The van der Waals surface area contributed by atoms with Gasteiger partial charge in [0.15, 0.2) is 10.7 Å². The molecular weight excluding hydrogens is 505 g/mol. The molecule has 2 aromatic carbocycles. The van der Waals surface area contributed by atoms with Crippen molar-refractivity contribution in [3.05, 3.63) is 70.9 Å². The van der Waals surface area contributed by atoms with Crippen molar-refractivity contribution in [1.29, 1.82) is 0 Å². The molecule has 180 valence electrons. The number of hydrogen-bond acceptors (Lipinski definition) is 6. The number of imidazole rings is 1. The number of nitrogens with zero attached hydrogens (tertiary/aromatic N) is 3. The molecule has 4 aromatic rings. The van der Waals surface area contributed by atoms with Crippen molar-refractivity contribution in [3.8, 4) is 22.6 Å². The summed E-state index contributed by atoms with van der Waals surface area (Å²) in [4.78, 5) is 14.4. The minimum Gasteiger partial charge on any atom is -0.368 e. The highest BCUT2D eigenvalue weighted by Crippen LogP contribution is 2.43. The molecule has 1 saturated carbocycles. The molecule has 1 aliphatic carbocycles. The summed E-state index contributed by atoms with van der Waals surface area (Å²) in [7, 11) is -4.84. The van der Waals surface area contributed by atoms with E-state index in [9.17, 15) is 17.2 Å². The number of nitrogen functional groups attached to an aromatic ring is 1. The zero-order chi connectivity index (χ0) is 24.9. The van der Waals surface area contributed by atoms with Gasteiger partial charge in [-0.05, 0) is 43.2 Å². The van der Waals surface area contributed by atoms with Gasteiger partial charge in [0.25, 0.3) is 10.0 Å². The molecule has 35 heavy (non-hydrogen) atoms. The molecule has 0 radical (unpaired) electrons. The standard InChI is InChI=1S/C22H16ClF3N6O2S/c23-11-8-12(17(26)16(9-11)32-35(33,34)20-13(24)2-1-3-14(20)25)18-19(15-6-7-28-22(27)29-15)31-21(30-18)10-4-5-10/h1-3,6-10,32H,4-5H2,(H,30,31)(H2,27,28,29). The van der Waals surface area contributed by atoms with Gasteiger partial charge in [-0.2, -0.15) is 0 Å². The normalized spacial score (nSPS) is 13.7. The van der Waals surface area contributed by atoms with E-state index in [1.54, 1.807) is 6.07 Å². The average Bonchev–Trinajstić information content (AvgIpc) is 3.54. The first-order valence-electron chi connectivity index (χ1n) is 10.3. The zero-order valence-electron chi connectivity index (χ0n) is 17.7. The molecule has 0 unspecified atom stereocenters. The van der Waals surface area contributed by atoms with Crippen molar-refractivity contribution in [1.82, 2.24) is 19.9 Å². The van der Waals surface area contributed by atoms with Gasteiger partial charge in [-0.25, -0.2) is 36.5 Å². The van der Waals surface area contributed by atoms with Crippen LogP contribution in [0.3, 0.4) is 0 Å². The number of H-pyrrole nitrogens is 1. The van der Waals surface area contributed by atoms with Crippen LogP contribution in [-0.2, 0) is 10.0 Å². The fraction of sp³-hybridized carbons (Fsp3) is 0.136. The van der Waals surface area contributed by atoms with Crippen LogP contribution < -0.4 is 10.5 Å². The molecule has 2 aromatic heterocycles. The summed E-state index contributed by atoms with van der Waals surface area (Å²) in [5.41, 5.74) is 5.71. The van der Waals surface area contributed by atoms with E-state index in [-0.39, 0.29) is 28.1 Å². The molecule has 0 atom stereocenters. The van der Waals surface area contributed by atoms with Crippen LogP contribution in [0, 0.1) is 17.5 Å². The molecule has 0 amide bonds. The predicted octanol–water partition coefficient (Wildman–Crippen LogP) is 4.86. The smallest absolute Gasteiger partial charge is 0.267 e. The van der Waals surface area contributed by atoms with Gasteiger partial charge in [0.05, 0.1) is 17.1 Å². The van der Waals surface area contributed by atoms with E-state index in [1.807, 2.05) is 4.72 Å². The number of hydrogen-bond donors (Lipinski definition) is 3. The van der Waals surface area contributed by atoms with Crippen molar-refractivity contribution in [2.45, 2.75) is 23.7 Å². The predicted molar refractivity (Wildman–Crippen MR) is 124 cm³/mol. The first-order chi connectivity index (χ1) is 16.6. The maximum absolute atomic E-state index is 15.7. The molecule has 13 heteroatoms. The highest BCUT2D eigenvalue weighted by atomic mass is 35.5. The van der Waals surface area contributed by atoms with Crippen molar-refractivity contribution in [2.24, 2.45) is 0 Å². The summed E-state index contributed by atoms with van der Waals surface area (Å²) in [5.74, 6) is -2.96. The molecule has 0 saturated heterocycles. The third-order valence-electron chi connectivity index (χ3n) is 5.34. The van der Waals surface area contributed by atoms with E-state index in [4.69, 9.17) is 17.3 Å². The Hall–Kier alpha value is -3.64. The Morgan fingerprint density at radius 2 is 1.80 bits per heavy atom. The summed E-state index contributed by atoms with van der Waals surface area (Å²) >= 11 is 6.18. The first kappa shape index (κ1) is 23.1. The van der Waals surface area contributed by atoms with E-state index in [1.165, 1.54) is 12.3 Å². The van der Waals surface area contributed by atoms with E-state index in [0.29, 0.717) is 17.2 Å². The van der Waals surface area contributed by atoms with Gasteiger partial charge in [0.1, 0.15) is 23.2 Å². The fourth-order valence-electron chi connectivity index (χ4n) is 3.61. The summed E-state index contributed by atoms with van der Waals surface area (Å²) in [6.07, 6.45) is 3.22. The number of aromatic nitrogens is 4. The Labute approximate surface area is 202 Å². The second kappa shape index (κ2) is 8.54. The molecule has 2 heterocycles. The Morgan fingerprint density at radius 3 is 2.46 bits per heavy atom. The van der Waals surface area contributed by atoms with Crippen molar-refractivity contribution in [3.63, 3.8) is 0 Å². The van der Waals surface area contributed by atoms with Crippen molar-refractivity contribution in [2.75, 3.05) is 10.5 Å². The van der Waals surface area contributed by atoms with Gasteiger partial charge >= 0.3 is 0 Å². The highest BCUT2D eigenvalue weighted by molar-refractivity contribution is 7.92. The lowest BCUT2D eigenvalue weighted by Gasteiger charge is -2.13. The van der Waals surface area contributed by atoms with Crippen LogP contribution in [0.25, 0.3) is 22.6 Å². The topological polar surface area (TPSA) is 127 Å². The van der Waals surface area contributed by atoms with Gasteiger partial charge < -0.3 is 10.7 Å². The third-order valence-corrected chi connectivity index (χ3v) is 6.98. The highest BCUT2D eigenvalue weighted by Gasteiger charge is 2.31. The average molecular weight is 521 g/mol. The maximum atomic E-state index is 15.7. The van der Waals surface area contributed by atoms with Crippen LogP contribution in [-0.4, -0.2) is 28.4 Å². The Kier molecular flexibility index (Phi) is 5.64. The number of anilines is 2. The molecule has 0 spiro atoms. The molecule has 0 bridgehead atoms. The molecule has 0 aliphatic heterocycles. The number of halogens is 4. The Bertz CT molecular complexity index is 1550. The molecule has 4 N–H and O–H groups in total.